The Morgan fingerprint density at radius 3 is 2.57 bits per heavy atom. The van der Waals surface area contributed by atoms with Gasteiger partial charge in [-0.05, 0) is 51.9 Å². The molecule has 3 saturated heterocycles. The summed E-state index contributed by atoms with van der Waals surface area (Å²) >= 11 is 0. The number of aliphatic hydroxyl groups excluding tert-OH is 1. The molecule has 10 atom stereocenters. The summed E-state index contributed by atoms with van der Waals surface area (Å²) in [7, 11) is 3.73. The minimum Gasteiger partial charge on any atom is -0.481 e. The van der Waals surface area contributed by atoms with Crippen LogP contribution in [0, 0.1) is 5.92 Å². The molecule has 4 aliphatic heterocycles. The van der Waals surface area contributed by atoms with Crippen LogP contribution in [0.4, 0.5) is 0 Å². The van der Waals surface area contributed by atoms with E-state index in [0.29, 0.717) is 24.5 Å². The molecule has 0 aromatic carbocycles. The molecule has 0 aliphatic carbocycles. The van der Waals surface area contributed by atoms with Gasteiger partial charge >= 0.3 is 5.97 Å². The number of unbranched alkanes of at least 4 members (excludes halogenated alkanes) is 4. The number of carbonyl (C=O) groups is 1. The number of aliphatic imine (C=N–C) groups is 1. The van der Waals surface area contributed by atoms with Crippen LogP contribution >= 0.6 is 21.6 Å². The standard InChI is InChI=1S/C30H56N6O4S2/c1-21-26(37)12-25(36-11-10-32-20-36)24(34-21)9-7-5-3-4-6-8-22-13-30(40,16-28(38)39)19-33-29(2)14-23(18-42-41-17-22)35-27(31)15-29/h10,21-27,33-35,37,40H,3-9,11-20,31H2,1-2H3,(H,38,39)/p+1. The third-order valence-corrected chi connectivity index (χ3v) is 12.6. The Hall–Kier alpha value is -0.440. The van der Waals surface area contributed by atoms with Gasteiger partial charge in [-0.1, -0.05) is 53.7 Å². The van der Waals surface area contributed by atoms with Crippen LogP contribution < -0.4 is 26.6 Å². The van der Waals surface area contributed by atoms with Crippen LogP contribution in [-0.4, -0.2) is 106 Å². The summed E-state index contributed by atoms with van der Waals surface area (Å²) in [6.07, 6.45) is 12.4. The fraction of sp³-hybridized carbons (Fsp3) is 0.933. The minimum atomic E-state index is -1.27. The maximum atomic E-state index is 11.8. The van der Waals surface area contributed by atoms with Crippen molar-refractivity contribution in [3.05, 3.63) is 0 Å². The lowest BCUT2D eigenvalue weighted by atomic mass is 9.82. The Balaban J connectivity index is 1.22. The second-order valence-electron chi connectivity index (χ2n) is 13.9. The number of rotatable bonds is 11. The Morgan fingerprint density at radius 2 is 1.83 bits per heavy atom. The number of nitrogens with two attached hydrogens (primary N) is 1. The van der Waals surface area contributed by atoms with Gasteiger partial charge < -0.3 is 36.6 Å². The van der Waals surface area contributed by atoms with Crippen LogP contribution in [0.2, 0.25) is 0 Å². The number of hydrogen-bond acceptors (Lipinski definition) is 10. The van der Waals surface area contributed by atoms with Crippen LogP contribution in [0.5, 0.6) is 0 Å². The Bertz CT molecular complexity index is 881. The maximum absolute atomic E-state index is 11.8. The van der Waals surface area contributed by atoms with Crippen LogP contribution in [-0.2, 0) is 4.79 Å². The van der Waals surface area contributed by atoms with Gasteiger partial charge in [0.15, 0.2) is 6.67 Å². The zero-order chi connectivity index (χ0) is 30.2. The number of carboxylic acids is 1. The molecule has 0 spiro atoms. The largest absolute Gasteiger partial charge is 0.481 e. The molecule has 0 aromatic rings. The van der Waals surface area contributed by atoms with Crippen molar-refractivity contribution < 1.29 is 25.0 Å². The Morgan fingerprint density at radius 1 is 1.10 bits per heavy atom. The third kappa shape index (κ3) is 10.6. The van der Waals surface area contributed by atoms with E-state index in [4.69, 9.17) is 5.73 Å². The van der Waals surface area contributed by atoms with Crippen LogP contribution in [0.3, 0.4) is 0 Å². The monoisotopic (exact) mass is 629 g/mol. The van der Waals surface area contributed by atoms with Gasteiger partial charge in [-0.15, -0.1) is 0 Å². The first kappa shape index (κ1) is 34.4. The van der Waals surface area contributed by atoms with Gasteiger partial charge in [0.2, 0.25) is 0 Å². The van der Waals surface area contributed by atoms with Gasteiger partial charge in [0.25, 0.3) is 0 Å². The number of quaternary nitrogens is 1. The van der Waals surface area contributed by atoms with Gasteiger partial charge in [-0.2, -0.15) is 0 Å². The van der Waals surface area contributed by atoms with Crippen molar-refractivity contribution in [1.82, 2.24) is 16.0 Å². The van der Waals surface area contributed by atoms with Crippen molar-refractivity contribution in [3.63, 3.8) is 0 Å². The molecule has 10 nitrogen and oxygen atoms in total. The number of nitrogens with one attached hydrogen (secondary N) is 4. The first-order chi connectivity index (χ1) is 20.0. The van der Waals surface area contributed by atoms with Crippen molar-refractivity contribution in [2.75, 3.05) is 31.3 Å². The predicted octanol–water partition coefficient (Wildman–Crippen LogP) is 1.12. The summed E-state index contributed by atoms with van der Waals surface area (Å²) in [4.78, 5) is 17.7. The molecule has 0 amide bonds. The number of fused-ring (bicyclic) bond motifs is 2. The smallest absolute Gasteiger partial charge is 0.306 e. The molecule has 10 unspecified atom stereocenters. The van der Waals surface area contributed by atoms with E-state index in [1.165, 1.54) is 24.2 Å². The van der Waals surface area contributed by atoms with Crippen molar-refractivity contribution in [1.29, 1.82) is 0 Å². The summed E-state index contributed by atoms with van der Waals surface area (Å²) in [5.74, 6) is 1.24. The van der Waals surface area contributed by atoms with E-state index in [0.717, 1.165) is 69.7 Å². The molecule has 0 aromatic heterocycles. The molecule has 4 rings (SSSR count). The van der Waals surface area contributed by atoms with Crippen molar-refractivity contribution >= 4 is 33.8 Å². The molecule has 4 aliphatic rings. The second kappa shape index (κ2) is 16.2. The van der Waals surface area contributed by atoms with Crippen LogP contribution in [0.15, 0.2) is 4.99 Å². The summed E-state index contributed by atoms with van der Waals surface area (Å²) in [6.45, 7) is 6.31. The molecule has 242 valence electrons. The summed E-state index contributed by atoms with van der Waals surface area (Å²) in [6, 6.07) is 1.29. The molecule has 9 N–H and O–H groups in total. The molecule has 3 fully saturated rings. The first-order valence-electron chi connectivity index (χ1n) is 16.3. The molecule has 0 radical (unpaired) electrons. The highest BCUT2D eigenvalue weighted by atomic mass is 33.1. The van der Waals surface area contributed by atoms with E-state index in [-0.39, 0.29) is 42.7 Å². The number of aliphatic hydroxyl groups is 2. The van der Waals surface area contributed by atoms with Gasteiger partial charge in [-0.3, -0.25) is 10.1 Å². The summed E-state index contributed by atoms with van der Waals surface area (Å²) in [5, 5.41) is 42.4. The SMILES string of the molecule is CC1NC(CCCCCCCC2CSSCC3CC(C)(CC(N)N3)NCC(O)(CC(=O)O)C2)C([NH+]2CC=NC2)CC1O. The zero-order valence-corrected chi connectivity index (χ0v) is 27.4. The van der Waals surface area contributed by atoms with E-state index in [9.17, 15) is 20.1 Å². The fourth-order valence-electron chi connectivity index (χ4n) is 7.66. The topological polar surface area (TPSA) is 157 Å². The van der Waals surface area contributed by atoms with Crippen molar-refractivity contribution in [2.45, 2.75) is 138 Å². The highest BCUT2D eigenvalue weighted by Gasteiger charge is 2.41. The van der Waals surface area contributed by atoms with Crippen LogP contribution in [0.25, 0.3) is 0 Å². The molecular formula is C30H57N6O4S2+. The molecule has 0 saturated carbocycles. The lowest BCUT2D eigenvalue weighted by Gasteiger charge is -2.45. The van der Waals surface area contributed by atoms with Crippen LogP contribution in [0.1, 0.15) is 90.9 Å². The van der Waals surface area contributed by atoms with Gasteiger partial charge in [0.05, 0.1) is 36.5 Å². The van der Waals surface area contributed by atoms with E-state index in [1.54, 1.807) is 0 Å². The van der Waals surface area contributed by atoms with Crippen molar-refractivity contribution in [3.8, 4) is 0 Å². The quantitative estimate of drug-likeness (QED) is 0.123. The molecule has 42 heavy (non-hydrogen) atoms. The zero-order valence-electron chi connectivity index (χ0n) is 25.7. The minimum absolute atomic E-state index is 0.104. The normalized spacial score (nSPS) is 41.6. The number of carboxylic acid groups (broad SMARTS) is 1. The first-order valence-corrected chi connectivity index (χ1v) is 18.8. The number of aliphatic carboxylic acids is 1. The summed E-state index contributed by atoms with van der Waals surface area (Å²) < 4.78 is 0. The lowest BCUT2D eigenvalue weighted by molar-refractivity contribution is -0.914. The highest BCUT2D eigenvalue weighted by molar-refractivity contribution is 8.76. The number of piperidine rings is 2. The van der Waals surface area contributed by atoms with E-state index < -0.39 is 11.6 Å². The van der Waals surface area contributed by atoms with Gasteiger partial charge in [0, 0.05) is 42.1 Å². The summed E-state index contributed by atoms with van der Waals surface area (Å²) in [5.41, 5.74) is 4.80. The Labute approximate surface area is 260 Å². The maximum Gasteiger partial charge on any atom is 0.306 e. The Kier molecular flexibility index (Phi) is 13.3. The fourth-order valence-corrected chi connectivity index (χ4v) is 10.4. The lowest BCUT2D eigenvalue weighted by Crippen LogP contribution is -3.16. The second-order valence-corrected chi connectivity index (χ2v) is 16.5. The third-order valence-electron chi connectivity index (χ3n) is 9.93. The van der Waals surface area contributed by atoms with E-state index in [1.807, 2.05) is 27.8 Å². The molecule has 2 bridgehead atoms. The number of nitrogens with zero attached hydrogens (tertiary/aromatic N) is 1. The molecule has 12 heteroatoms. The average molecular weight is 630 g/mol. The van der Waals surface area contributed by atoms with Gasteiger partial charge in [-0.25, -0.2) is 4.99 Å². The van der Waals surface area contributed by atoms with E-state index >= 15 is 0 Å². The molecule has 4 heterocycles. The highest BCUT2D eigenvalue weighted by Crippen LogP contribution is 2.36. The van der Waals surface area contributed by atoms with E-state index in [2.05, 4.69) is 34.8 Å². The molecular weight excluding hydrogens is 573 g/mol. The number of β-amino-alcohol motifs (C(OH)–C–C–N with tert-alkyl or cyclic N) is 1. The van der Waals surface area contributed by atoms with Crippen molar-refractivity contribution in [2.24, 2.45) is 16.6 Å². The predicted molar refractivity (Wildman–Crippen MR) is 173 cm³/mol. The van der Waals surface area contributed by atoms with Gasteiger partial charge in [0.1, 0.15) is 12.6 Å². The average Bonchev–Trinajstić information content (AvgIpc) is 3.45. The number of hydrogen-bond donors (Lipinski definition) is 8.